The Kier molecular flexibility index (Phi) is 3.12. The van der Waals surface area contributed by atoms with Crippen molar-refractivity contribution in [2.75, 3.05) is 5.32 Å². The van der Waals surface area contributed by atoms with Crippen LogP contribution in [0.25, 0.3) is 10.2 Å². The van der Waals surface area contributed by atoms with Crippen LogP contribution in [0.5, 0.6) is 0 Å². The van der Waals surface area contributed by atoms with E-state index in [-0.39, 0.29) is 0 Å². The van der Waals surface area contributed by atoms with E-state index in [1.165, 1.54) is 0 Å². The molecule has 0 aliphatic heterocycles. The zero-order chi connectivity index (χ0) is 12.5. The zero-order valence-electron chi connectivity index (χ0n) is 9.15. The second-order valence-corrected chi connectivity index (χ2v) is 5.67. The van der Waals surface area contributed by atoms with E-state index in [9.17, 15) is 0 Å². The molecule has 1 heterocycles. The summed E-state index contributed by atoms with van der Waals surface area (Å²) < 4.78 is 1.15. The van der Waals surface area contributed by atoms with Crippen LogP contribution in [0.15, 0.2) is 42.5 Å². The molecule has 0 bridgehead atoms. The maximum atomic E-state index is 5.95. The van der Waals surface area contributed by atoms with Gasteiger partial charge in [0.25, 0.3) is 0 Å². The summed E-state index contributed by atoms with van der Waals surface area (Å²) in [5, 5.41) is 5.25. The molecule has 1 aromatic heterocycles. The van der Waals surface area contributed by atoms with Gasteiger partial charge in [-0.15, -0.1) is 0 Å². The minimum absolute atomic E-state index is 0.603. The van der Waals surface area contributed by atoms with E-state index in [0.29, 0.717) is 10.0 Å². The summed E-state index contributed by atoms with van der Waals surface area (Å²) in [6.45, 7) is 0. The van der Waals surface area contributed by atoms with Gasteiger partial charge in [-0.25, -0.2) is 4.98 Å². The first-order chi connectivity index (χ1) is 8.70. The number of halogens is 2. The molecule has 0 spiro atoms. The predicted octanol–water partition coefficient (Wildman–Crippen LogP) is 5.35. The Labute approximate surface area is 118 Å². The van der Waals surface area contributed by atoms with Crippen LogP contribution in [-0.2, 0) is 0 Å². The van der Waals surface area contributed by atoms with Crippen LogP contribution in [0.2, 0.25) is 10.0 Å². The number of fused-ring (bicyclic) bond motifs is 1. The lowest BCUT2D eigenvalue weighted by molar-refractivity contribution is 1.44. The highest BCUT2D eigenvalue weighted by molar-refractivity contribution is 7.22. The standard InChI is InChI=1S/C13H8Cl2N2S/c14-8-5-9(15)7-10(6-8)16-13-17-11-3-1-2-4-12(11)18-13/h1-7H,(H,16,17). The molecule has 90 valence electrons. The Morgan fingerprint density at radius 1 is 1.00 bits per heavy atom. The molecule has 0 fully saturated rings. The van der Waals surface area contributed by atoms with Gasteiger partial charge in [0.05, 0.1) is 10.2 Å². The van der Waals surface area contributed by atoms with Gasteiger partial charge in [-0.1, -0.05) is 46.7 Å². The summed E-state index contributed by atoms with van der Waals surface area (Å²) in [4.78, 5) is 4.49. The Bertz CT molecular complexity index is 656. The minimum atomic E-state index is 0.603. The first-order valence-electron chi connectivity index (χ1n) is 5.29. The van der Waals surface area contributed by atoms with Crippen LogP contribution in [0.4, 0.5) is 10.8 Å². The van der Waals surface area contributed by atoms with E-state index < -0.39 is 0 Å². The number of aromatic nitrogens is 1. The lowest BCUT2D eigenvalue weighted by Crippen LogP contribution is -1.88. The molecular formula is C13H8Cl2N2S. The van der Waals surface area contributed by atoms with E-state index in [1.807, 2.05) is 36.4 Å². The maximum Gasteiger partial charge on any atom is 0.188 e. The van der Waals surface area contributed by atoms with Gasteiger partial charge in [0, 0.05) is 15.7 Å². The van der Waals surface area contributed by atoms with Gasteiger partial charge in [-0.3, -0.25) is 0 Å². The van der Waals surface area contributed by atoms with Crippen molar-refractivity contribution in [2.45, 2.75) is 0 Å². The molecule has 0 aliphatic rings. The molecule has 0 saturated heterocycles. The number of nitrogens with one attached hydrogen (secondary N) is 1. The topological polar surface area (TPSA) is 24.9 Å². The average Bonchev–Trinajstić information content (AvgIpc) is 2.69. The number of nitrogens with zero attached hydrogens (tertiary/aromatic N) is 1. The second-order valence-electron chi connectivity index (χ2n) is 3.77. The number of hydrogen-bond donors (Lipinski definition) is 1. The van der Waals surface area contributed by atoms with Gasteiger partial charge in [-0.2, -0.15) is 0 Å². The summed E-state index contributed by atoms with van der Waals surface area (Å²) in [6, 6.07) is 13.3. The molecule has 1 N–H and O–H groups in total. The number of para-hydroxylation sites is 1. The van der Waals surface area contributed by atoms with Gasteiger partial charge in [0.15, 0.2) is 5.13 Å². The lowest BCUT2D eigenvalue weighted by atomic mass is 10.3. The third-order valence-corrected chi connectivity index (χ3v) is 3.80. The van der Waals surface area contributed by atoms with Crippen molar-refractivity contribution in [3.8, 4) is 0 Å². The van der Waals surface area contributed by atoms with Crippen molar-refractivity contribution in [1.29, 1.82) is 0 Å². The fraction of sp³-hybridized carbons (Fsp3) is 0. The van der Waals surface area contributed by atoms with Crippen molar-refractivity contribution < 1.29 is 0 Å². The molecule has 2 aromatic carbocycles. The van der Waals surface area contributed by atoms with Crippen molar-refractivity contribution in [1.82, 2.24) is 4.98 Å². The van der Waals surface area contributed by atoms with Crippen LogP contribution in [0.1, 0.15) is 0 Å². The molecule has 3 rings (SSSR count). The van der Waals surface area contributed by atoms with Gasteiger partial charge >= 0.3 is 0 Å². The molecule has 5 heteroatoms. The van der Waals surface area contributed by atoms with Crippen molar-refractivity contribution in [3.05, 3.63) is 52.5 Å². The van der Waals surface area contributed by atoms with Crippen molar-refractivity contribution in [3.63, 3.8) is 0 Å². The number of rotatable bonds is 2. The van der Waals surface area contributed by atoms with Crippen LogP contribution in [0.3, 0.4) is 0 Å². The highest BCUT2D eigenvalue weighted by Gasteiger charge is 2.04. The highest BCUT2D eigenvalue weighted by atomic mass is 35.5. The van der Waals surface area contributed by atoms with Crippen molar-refractivity contribution in [2.24, 2.45) is 0 Å². The Morgan fingerprint density at radius 2 is 1.72 bits per heavy atom. The van der Waals surface area contributed by atoms with Crippen LogP contribution >= 0.6 is 34.5 Å². The van der Waals surface area contributed by atoms with E-state index in [1.54, 1.807) is 17.4 Å². The number of anilines is 2. The fourth-order valence-corrected chi connectivity index (χ4v) is 3.09. The monoisotopic (exact) mass is 294 g/mol. The summed E-state index contributed by atoms with van der Waals surface area (Å²) in [6.07, 6.45) is 0. The van der Waals surface area contributed by atoms with Gasteiger partial charge in [0.1, 0.15) is 0 Å². The maximum absolute atomic E-state index is 5.95. The average molecular weight is 295 g/mol. The summed E-state index contributed by atoms with van der Waals surface area (Å²) in [5.74, 6) is 0. The van der Waals surface area contributed by atoms with Gasteiger partial charge in [0.2, 0.25) is 0 Å². The zero-order valence-corrected chi connectivity index (χ0v) is 11.5. The SMILES string of the molecule is Clc1cc(Cl)cc(Nc2nc3ccccc3s2)c1. The molecule has 0 atom stereocenters. The first-order valence-corrected chi connectivity index (χ1v) is 6.87. The number of benzene rings is 2. The highest BCUT2D eigenvalue weighted by Crippen LogP contribution is 2.30. The number of thiazole rings is 1. The molecule has 18 heavy (non-hydrogen) atoms. The largest absolute Gasteiger partial charge is 0.331 e. The molecule has 0 amide bonds. The fourth-order valence-electron chi connectivity index (χ4n) is 1.68. The third-order valence-electron chi connectivity index (χ3n) is 2.41. The Morgan fingerprint density at radius 3 is 2.44 bits per heavy atom. The molecule has 0 saturated carbocycles. The Balaban J connectivity index is 1.96. The first kappa shape index (κ1) is 11.8. The molecule has 0 radical (unpaired) electrons. The molecule has 0 unspecified atom stereocenters. The van der Waals surface area contributed by atoms with Gasteiger partial charge in [-0.05, 0) is 30.3 Å². The normalized spacial score (nSPS) is 10.8. The minimum Gasteiger partial charge on any atom is -0.331 e. The molecule has 3 aromatic rings. The predicted molar refractivity (Wildman–Crippen MR) is 79.4 cm³/mol. The van der Waals surface area contributed by atoms with E-state index in [0.717, 1.165) is 21.0 Å². The van der Waals surface area contributed by atoms with E-state index in [4.69, 9.17) is 23.2 Å². The number of hydrogen-bond acceptors (Lipinski definition) is 3. The Hall–Kier alpha value is -1.29. The van der Waals surface area contributed by atoms with E-state index >= 15 is 0 Å². The summed E-state index contributed by atoms with van der Waals surface area (Å²) in [7, 11) is 0. The quantitative estimate of drug-likeness (QED) is 0.689. The van der Waals surface area contributed by atoms with Crippen molar-refractivity contribution >= 4 is 55.6 Å². The van der Waals surface area contributed by atoms with E-state index in [2.05, 4.69) is 10.3 Å². The van der Waals surface area contributed by atoms with Crippen LogP contribution in [-0.4, -0.2) is 4.98 Å². The van der Waals surface area contributed by atoms with Crippen LogP contribution in [0, 0.1) is 0 Å². The second kappa shape index (κ2) is 4.76. The molecule has 2 nitrogen and oxygen atoms in total. The summed E-state index contributed by atoms with van der Waals surface area (Å²) in [5.41, 5.74) is 1.82. The van der Waals surface area contributed by atoms with Crippen LogP contribution < -0.4 is 5.32 Å². The van der Waals surface area contributed by atoms with Gasteiger partial charge < -0.3 is 5.32 Å². The molecular weight excluding hydrogens is 287 g/mol. The third kappa shape index (κ3) is 2.43. The molecule has 0 aliphatic carbocycles. The summed E-state index contributed by atoms with van der Waals surface area (Å²) >= 11 is 13.5. The lowest BCUT2D eigenvalue weighted by Gasteiger charge is -2.03. The smallest absolute Gasteiger partial charge is 0.188 e.